The lowest BCUT2D eigenvalue weighted by molar-refractivity contribution is 0.449. The summed E-state index contributed by atoms with van der Waals surface area (Å²) in [5.74, 6) is -4.04. The fraction of sp³-hybridized carbons (Fsp3) is 0. The van der Waals surface area contributed by atoms with E-state index in [-0.39, 0.29) is 10.7 Å². The van der Waals surface area contributed by atoms with Gasteiger partial charge in [0.1, 0.15) is 4.99 Å². The van der Waals surface area contributed by atoms with Crippen molar-refractivity contribution in [1.29, 1.82) is 0 Å². The Morgan fingerprint density at radius 3 is 2.40 bits per heavy atom. The third kappa shape index (κ3) is 2.94. The highest BCUT2D eigenvalue weighted by Crippen LogP contribution is 2.27. The van der Waals surface area contributed by atoms with Crippen LogP contribution >= 0.6 is 28.1 Å². The van der Waals surface area contributed by atoms with Crippen molar-refractivity contribution in [2.75, 3.05) is 5.32 Å². The summed E-state index contributed by atoms with van der Waals surface area (Å²) in [6.07, 6.45) is 0. The van der Waals surface area contributed by atoms with Crippen LogP contribution in [0, 0.1) is 17.5 Å². The first-order valence-corrected chi connectivity index (χ1v) is 6.60. The maximum absolute atomic E-state index is 13.5. The number of nitrogens with two attached hydrogens (primary N) is 1. The van der Waals surface area contributed by atoms with Gasteiger partial charge in [0, 0.05) is 15.7 Å². The number of halogens is 4. The van der Waals surface area contributed by atoms with E-state index in [1.807, 2.05) is 0 Å². The molecule has 0 bridgehead atoms. The molecule has 0 radical (unpaired) electrons. The molecule has 0 aliphatic heterocycles. The molecular weight excluding hydrogens is 353 g/mol. The van der Waals surface area contributed by atoms with E-state index in [9.17, 15) is 13.2 Å². The second kappa shape index (κ2) is 5.80. The predicted octanol–water partition coefficient (Wildman–Crippen LogP) is 4.24. The molecule has 0 saturated carbocycles. The fourth-order valence-electron chi connectivity index (χ4n) is 1.57. The largest absolute Gasteiger partial charge is 0.389 e. The van der Waals surface area contributed by atoms with Crippen molar-refractivity contribution in [3.05, 3.63) is 57.8 Å². The first-order valence-electron chi connectivity index (χ1n) is 5.40. The quantitative estimate of drug-likeness (QED) is 0.634. The van der Waals surface area contributed by atoms with Crippen molar-refractivity contribution in [1.82, 2.24) is 0 Å². The minimum Gasteiger partial charge on any atom is -0.389 e. The van der Waals surface area contributed by atoms with E-state index in [1.165, 1.54) is 0 Å². The lowest BCUT2D eigenvalue weighted by Gasteiger charge is -2.10. The first kappa shape index (κ1) is 14.8. The average Bonchev–Trinajstić information content (AvgIpc) is 2.39. The number of hydrogen-bond donors (Lipinski definition) is 2. The van der Waals surface area contributed by atoms with E-state index in [2.05, 4.69) is 21.2 Å². The van der Waals surface area contributed by atoms with Gasteiger partial charge in [-0.25, -0.2) is 13.2 Å². The molecule has 0 spiro atoms. The van der Waals surface area contributed by atoms with E-state index in [4.69, 9.17) is 18.0 Å². The van der Waals surface area contributed by atoms with E-state index in [0.29, 0.717) is 15.7 Å². The van der Waals surface area contributed by atoms with Crippen LogP contribution in [0.4, 0.5) is 24.5 Å². The molecule has 0 fully saturated rings. The summed E-state index contributed by atoms with van der Waals surface area (Å²) in [7, 11) is 0. The van der Waals surface area contributed by atoms with E-state index in [0.717, 1.165) is 12.1 Å². The average molecular weight is 361 g/mol. The van der Waals surface area contributed by atoms with Gasteiger partial charge in [-0.2, -0.15) is 0 Å². The Hall–Kier alpha value is -1.60. The molecule has 0 amide bonds. The standard InChI is InChI=1S/C13H8BrF3N2S/c14-8-5-6(1-2-7(8)13(18)20)19-10-4-3-9(15)11(16)12(10)17/h1-5,19H,(H2,18,20). The smallest absolute Gasteiger partial charge is 0.196 e. The van der Waals surface area contributed by atoms with E-state index in [1.54, 1.807) is 18.2 Å². The van der Waals surface area contributed by atoms with Crippen LogP contribution in [-0.4, -0.2) is 4.99 Å². The molecule has 0 aromatic heterocycles. The van der Waals surface area contributed by atoms with E-state index < -0.39 is 17.5 Å². The molecule has 104 valence electrons. The summed E-state index contributed by atoms with van der Waals surface area (Å²) < 4.78 is 40.1. The molecule has 0 unspecified atom stereocenters. The maximum atomic E-state index is 13.5. The zero-order valence-electron chi connectivity index (χ0n) is 9.88. The van der Waals surface area contributed by atoms with Gasteiger partial charge in [-0.3, -0.25) is 0 Å². The lowest BCUT2D eigenvalue weighted by atomic mass is 10.2. The Morgan fingerprint density at radius 2 is 1.80 bits per heavy atom. The summed E-state index contributed by atoms with van der Waals surface area (Å²) in [4.78, 5) is 0.211. The zero-order valence-corrected chi connectivity index (χ0v) is 12.3. The molecule has 3 N–H and O–H groups in total. The van der Waals surface area contributed by atoms with Crippen molar-refractivity contribution < 1.29 is 13.2 Å². The Morgan fingerprint density at radius 1 is 1.10 bits per heavy atom. The molecule has 7 heteroatoms. The van der Waals surface area contributed by atoms with Gasteiger partial charge in [0.2, 0.25) is 0 Å². The van der Waals surface area contributed by atoms with Crippen LogP contribution < -0.4 is 11.1 Å². The molecule has 0 atom stereocenters. The molecule has 2 rings (SSSR count). The van der Waals surface area contributed by atoms with Gasteiger partial charge in [0.15, 0.2) is 17.5 Å². The van der Waals surface area contributed by atoms with Crippen molar-refractivity contribution >= 4 is 44.5 Å². The van der Waals surface area contributed by atoms with Gasteiger partial charge >= 0.3 is 0 Å². The second-order valence-corrected chi connectivity index (χ2v) is 5.20. The zero-order chi connectivity index (χ0) is 14.9. The molecule has 2 aromatic carbocycles. The van der Waals surface area contributed by atoms with Crippen LogP contribution in [0.25, 0.3) is 0 Å². The Labute approximate surface area is 126 Å². The predicted molar refractivity (Wildman–Crippen MR) is 79.6 cm³/mol. The van der Waals surface area contributed by atoms with Gasteiger partial charge in [0.25, 0.3) is 0 Å². The van der Waals surface area contributed by atoms with Crippen molar-refractivity contribution in [2.45, 2.75) is 0 Å². The highest BCUT2D eigenvalue weighted by atomic mass is 79.9. The van der Waals surface area contributed by atoms with Crippen molar-refractivity contribution in [3.63, 3.8) is 0 Å². The van der Waals surface area contributed by atoms with Crippen molar-refractivity contribution in [2.24, 2.45) is 5.73 Å². The normalized spacial score (nSPS) is 10.4. The topological polar surface area (TPSA) is 38.0 Å². The summed E-state index contributed by atoms with van der Waals surface area (Å²) in [5, 5.41) is 2.65. The second-order valence-electron chi connectivity index (χ2n) is 3.91. The summed E-state index contributed by atoms with van der Waals surface area (Å²) in [5.41, 5.74) is 6.44. The molecule has 0 saturated heterocycles. The lowest BCUT2D eigenvalue weighted by Crippen LogP contribution is -2.10. The molecule has 2 nitrogen and oxygen atoms in total. The van der Waals surface area contributed by atoms with Gasteiger partial charge in [-0.05, 0) is 46.3 Å². The monoisotopic (exact) mass is 360 g/mol. The van der Waals surface area contributed by atoms with Crippen LogP contribution in [0.1, 0.15) is 5.56 Å². The minimum absolute atomic E-state index is 0.168. The molecular formula is C13H8BrF3N2S. The van der Waals surface area contributed by atoms with Crippen LogP contribution in [-0.2, 0) is 0 Å². The van der Waals surface area contributed by atoms with Gasteiger partial charge < -0.3 is 11.1 Å². The number of rotatable bonds is 3. The number of benzene rings is 2. The van der Waals surface area contributed by atoms with Crippen LogP contribution in [0.2, 0.25) is 0 Å². The minimum atomic E-state index is -1.52. The van der Waals surface area contributed by atoms with Crippen LogP contribution in [0.5, 0.6) is 0 Å². The van der Waals surface area contributed by atoms with Gasteiger partial charge in [0.05, 0.1) is 5.69 Å². The highest BCUT2D eigenvalue weighted by Gasteiger charge is 2.13. The number of thiocarbonyl (C=S) groups is 1. The number of anilines is 2. The number of nitrogens with one attached hydrogen (secondary N) is 1. The molecule has 0 aliphatic rings. The molecule has 0 heterocycles. The van der Waals surface area contributed by atoms with Crippen LogP contribution in [0.15, 0.2) is 34.8 Å². The van der Waals surface area contributed by atoms with Crippen LogP contribution in [0.3, 0.4) is 0 Å². The molecule has 0 aliphatic carbocycles. The highest BCUT2D eigenvalue weighted by molar-refractivity contribution is 9.10. The summed E-state index contributed by atoms with van der Waals surface area (Å²) in [6.45, 7) is 0. The Kier molecular flexibility index (Phi) is 4.29. The van der Waals surface area contributed by atoms with Gasteiger partial charge in [-0.15, -0.1) is 0 Å². The van der Waals surface area contributed by atoms with Crippen molar-refractivity contribution in [3.8, 4) is 0 Å². The Bertz CT molecular complexity index is 692. The summed E-state index contributed by atoms with van der Waals surface area (Å²) in [6, 6.07) is 6.80. The first-order chi connectivity index (χ1) is 9.40. The SMILES string of the molecule is NC(=S)c1ccc(Nc2ccc(F)c(F)c2F)cc1Br. The number of hydrogen-bond acceptors (Lipinski definition) is 2. The maximum Gasteiger partial charge on any atom is 0.196 e. The Balaban J connectivity index is 2.34. The third-order valence-electron chi connectivity index (χ3n) is 2.55. The van der Waals surface area contributed by atoms with E-state index >= 15 is 0 Å². The fourth-order valence-corrected chi connectivity index (χ4v) is 2.47. The van der Waals surface area contributed by atoms with Gasteiger partial charge in [-0.1, -0.05) is 12.2 Å². The molecule has 20 heavy (non-hydrogen) atoms. The third-order valence-corrected chi connectivity index (χ3v) is 3.42. The summed E-state index contributed by atoms with van der Waals surface area (Å²) >= 11 is 8.12. The molecule has 2 aromatic rings.